The molecule has 21 heavy (non-hydrogen) atoms. The molecule has 0 aliphatic heterocycles. The third-order valence-electron chi connectivity index (χ3n) is 2.65. The van der Waals surface area contributed by atoms with Crippen LogP contribution in [0.15, 0.2) is 56.6 Å². The second-order valence-corrected chi connectivity index (χ2v) is 7.41. The van der Waals surface area contributed by atoms with Gasteiger partial charge in [-0.25, -0.2) is 13.1 Å². The summed E-state index contributed by atoms with van der Waals surface area (Å²) in [5.41, 5.74) is 1.31. The van der Waals surface area contributed by atoms with E-state index in [1.807, 2.05) is 0 Å². The lowest BCUT2D eigenvalue weighted by molar-refractivity contribution is 0.438. The minimum atomic E-state index is -3.63. The van der Waals surface area contributed by atoms with Crippen molar-refractivity contribution in [2.24, 2.45) is 0 Å². The van der Waals surface area contributed by atoms with Crippen LogP contribution in [-0.2, 0) is 10.0 Å². The molecule has 0 aliphatic carbocycles. The molecule has 108 valence electrons. The first-order chi connectivity index (χ1) is 10.0. The molecule has 0 unspecified atom stereocenters. The summed E-state index contributed by atoms with van der Waals surface area (Å²) in [6.07, 6.45) is 0. The van der Waals surface area contributed by atoms with Crippen molar-refractivity contribution >= 4 is 38.8 Å². The second-order valence-electron chi connectivity index (χ2n) is 4.12. The minimum absolute atomic E-state index is 0.0633. The summed E-state index contributed by atoms with van der Waals surface area (Å²) < 4.78 is 31.7. The molecule has 5 nitrogen and oxygen atoms in total. The summed E-state index contributed by atoms with van der Waals surface area (Å²) in [5.74, 6) is 0.0633. The largest absolute Gasteiger partial charge is 0.337 e. The van der Waals surface area contributed by atoms with Crippen LogP contribution in [0.25, 0.3) is 11.3 Å². The average molecular weight is 341 g/mol. The Kier molecular flexibility index (Phi) is 3.71. The van der Waals surface area contributed by atoms with Crippen LogP contribution < -0.4 is 4.72 Å². The summed E-state index contributed by atoms with van der Waals surface area (Å²) in [5, 5.41) is 6.14. The summed E-state index contributed by atoms with van der Waals surface area (Å²) in [7, 11) is -3.63. The Morgan fingerprint density at radius 2 is 1.95 bits per heavy atom. The number of hydrogen-bond acceptors (Lipinski definition) is 5. The molecule has 0 radical (unpaired) electrons. The molecule has 0 aliphatic rings. The highest BCUT2D eigenvalue weighted by molar-refractivity contribution is 7.94. The Morgan fingerprint density at radius 1 is 1.19 bits per heavy atom. The van der Waals surface area contributed by atoms with Gasteiger partial charge in [0.1, 0.15) is 9.90 Å². The van der Waals surface area contributed by atoms with Crippen molar-refractivity contribution in [1.82, 2.24) is 5.16 Å². The fourth-order valence-corrected chi connectivity index (χ4v) is 3.77. The first kappa shape index (κ1) is 14.1. The predicted molar refractivity (Wildman–Crippen MR) is 82.1 cm³/mol. The van der Waals surface area contributed by atoms with E-state index < -0.39 is 10.0 Å². The quantitative estimate of drug-likeness (QED) is 0.782. The van der Waals surface area contributed by atoms with E-state index in [2.05, 4.69) is 9.88 Å². The van der Waals surface area contributed by atoms with Gasteiger partial charge in [-0.15, -0.1) is 11.3 Å². The summed E-state index contributed by atoms with van der Waals surface area (Å²) in [6.45, 7) is 0. The van der Waals surface area contributed by atoms with Crippen molar-refractivity contribution in [1.29, 1.82) is 0 Å². The Bertz CT molecular complexity index is 840. The van der Waals surface area contributed by atoms with Crippen LogP contribution >= 0.6 is 22.9 Å². The Balaban J connectivity index is 1.84. The van der Waals surface area contributed by atoms with E-state index in [-0.39, 0.29) is 10.1 Å². The summed E-state index contributed by atoms with van der Waals surface area (Å²) in [4.78, 5) is 0. The molecule has 1 aromatic carbocycles. The van der Waals surface area contributed by atoms with E-state index in [4.69, 9.17) is 16.1 Å². The van der Waals surface area contributed by atoms with Crippen LogP contribution in [0.3, 0.4) is 0 Å². The van der Waals surface area contributed by atoms with E-state index in [9.17, 15) is 8.42 Å². The van der Waals surface area contributed by atoms with Crippen LogP contribution in [0.4, 0.5) is 5.88 Å². The molecule has 1 N–H and O–H groups in total. The zero-order chi connectivity index (χ0) is 14.9. The van der Waals surface area contributed by atoms with Crippen molar-refractivity contribution in [3.05, 3.63) is 52.9 Å². The molecule has 3 aromatic rings. The number of nitrogens with zero attached hydrogens (tertiary/aromatic N) is 1. The first-order valence-electron chi connectivity index (χ1n) is 5.83. The van der Waals surface area contributed by atoms with Gasteiger partial charge in [0, 0.05) is 16.7 Å². The molecule has 2 heterocycles. The smallest absolute Gasteiger partial charge is 0.273 e. The zero-order valence-electron chi connectivity index (χ0n) is 10.5. The van der Waals surface area contributed by atoms with Crippen molar-refractivity contribution in [3.63, 3.8) is 0 Å². The first-order valence-corrected chi connectivity index (χ1v) is 8.58. The van der Waals surface area contributed by atoms with Gasteiger partial charge in [-0.05, 0) is 23.6 Å². The highest BCUT2D eigenvalue weighted by Crippen LogP contribution is 2.25. The van der Waals surface area contributed by atoms with E-state index in [0.29, 0.717) is 10.7 Å². The van der Waals surface area contributed by atoms with Crippen LogP contribution in [0, 0.1) is 0 Å². The van der Waals surface area contributed by atoms with Crippen LogP contribution in [0.2, 0.25) is 5.02 Å². The lowest BCUT2D eigenvalue weighted by Crippen LogP contribution is -2.10. The number of halogens is 1. The highest BCUT2D eigenvalue weighted by atomic mass is 35.5. The Morgan fingerprint density at radius 3 is 2.62 bits per heavy atom. The fourth-order valence-electron chi connectivity index (χ4n) is 1.68. The average Bonchev–Trinajstić information content (AvgIpc) is 3.10. The van der Waals surface area contributed by atoms with Gasteiger partial charge in [0.2, 0.25) is 5.88 Å². The third-order valence-corrected chi connectivity index (χ3v) is 5.64. The standard InChI is InChI=1S/C13H9ClN2O3S2/c14-10-5-3-9(4-6-10)11-8-12(19-15-11)16-21(17,18)13-2-1-7-20-13/h1-8,16H. The Labute approximate surface area is 130 Å². The molecule has 0 atom stereocenters. The molecule has 3 rings (SSSR count). The molecule has 2 aromatic heterocycles. The zero-order valence-corrected chi connectivity index (χ0v) is 12.9. The van der Waals surface area contributed by atoms with Gasteiger partial charge in [0.25, 0.3) is 10.0 Å². The number of anilines is 1. The molecule has 0 amide bonds. The topological polar surface area (TPSA) is 72.2 Å². The molecular formula is C13H9ClN2O3S2. The summed E-state index contributed by atoms with van der Waals surface area (Å²) >= 11 is 6.94. The van der Waals surface area contributed by atoms with Crippen LogP contribution in [0.1, 0.15) is 0 Å². The van der Waals surface area contributed by atoms with Crippen LogP contribution in [0.5, 0.6) is 0 Å². The van der Waals surface area contributed by atoms with E-state index >= 15 is 0 Å². The van der Waals surface area contributed by atoms with Gasteiger partial charge < -0.3 is 4.52 Å². The molecule has 0 bridgehead atoms. The van der Waals surface area contributed by atoms with Crippen molar-refractivity contribution in [2.45, 2.75) is 4.21 Å². The molecule has 0 spiro atoms. The Hall–Kier alpha value is -1.83. The monoisotopic (exact) mass is 340 g/mol. The number of rotatable bonds is 4. The van der Waals surface area contributed by atoms with Gasteiger partial charge in [0.15, 0.2) is 0 Å². The molecule has 0 saturated carbocycles. The van der Waals surface area contributed by atoms with Crippen LogP contribution in [-0.4, -0.2) is 13.6 Å². The van der Waals surface area contributed by atoms with E-state index in [0.717, 1.165) is 16.9 Å². The highest BCUT2D eigenvalue weighted by Gasteiger charge is 2.18. The molecule has 8 heteroatoms. The lowest BCUT2D eigenvalue weighted by Gasteiger charge is -2.00. The SMILES string of the molecule is O=S(=O)(Nc1cc(-c2ccc(Cl)cc2)no1)c1cccs1. The fraction of sp³-hybridized carbons (Fsp3) is 0. The molecule has 0 fully saturated rings. The van der Waals surface area contributed by atoms with Gasteiger partial charge in [-0.3, -0.25) is 0 Å². The number of hydrogen-bond donors (Lipinski definition) is 1. The molecular weight excluding hydrogens is 332 g/mol. The van der Waals surface area contributed by atoms with E-state index in [1.54, 1.807) is 35.7 Å². The number of nitrogens with one attached hydrogen (secondary N) is 1. The maximum absolute atomic E-state index is 12.0. The number of benzene rings is 1. The van der Waals surface area contributed by atoms with Crippen molar-refractivity contribution < 1.29 is 12.9 Å². The van der Waals surface area contributed by atoms with Crippen molar-refractivity contribution in [3.8, 4) is 11.3 Å². The van der Waals surface area contributed by atoms with E-state index in [1.165, 1.54) is 12.1 Å². The number of thiophene rings is 1. The minimum Gasteiger partial charge on any atom is -0.337 e. The summed E-state index contributed by atoms with van der Waals surface area (Å²) in [6, 6.07) is 11.7. The number of aromatic nitrogens is 1. The van der Waals surface area contributed by atoms with Gasteiger partial charge in [0.05, 0.1) is 0 Å². The molecule has 0 saturated heterocycles. The maximum atomic E-state index is 12.0. The van der Waals surface area contributed by atoms with Gasteiger partial charge in [-0.1, -0.05) is 35.0 Å². The predicted octanol–water partition coefficient (Wildman–Crippen LogP) is 3.86. The lowest BCUT2D eigenvalue weighted by atomic mass is 10.1. The number of sulfonamides is 1. The normalized spacial score (nSPS) is 11.5. The van der Waals surface area contributed by atoms with Gasteiger partial charge in [-0.2, -0.15) is 0 Å². The van der Waals surface area contributed by atoms with Gasteiger partial charge >= 0.3 is 0 Å². The second kappa shape index (κ2) is 5.51. The third kappa shape index (κ3) is 3.10. The van der Waals surface area contributed by atoms with Crippen molar-refractivity contribution in [2.75, 3.05) is 4.72 Å². The maximum Gasteiger partial charge on any atom is 0.273 e.